The second-order valence-electron chi connectivity index (χ2n) is 6.06. The summed E-state index contributed by atoms with van der Waals surface area (Å²) in [7, 11) is 0. The molecule has 0 aromatic carbocycles. The van der Waals surface area contributed by atoms with E-state index in [1.165, 1.54) is 4.90 Å². The molecule has 0 radical (unpaired) electrons. The van der Waals surface area contributed by atoms with E-state index in [9.17, 15) is 9.59 Å². The van der Waals surface area contributed by atoms with E-state index in [1.54, 1.807) is 20.2 Å². The van der Waals surface area contributed by atoms with Gasteiger partial charge >= 0.3 is 6.03 Å². The topological polar surface area (TPSA) is 92.2 Å². The summed E-state index contributed by atoms with van der Waals surface area (Å²) in [6, 6.07) is -0.0121. The van der Waals surface area contributed by atoms with Crippen molar-refractivity contribution in [2.24, 2.45) is 0 Å². The van der Waals surface area contributed by atoms with Crippen LogP contribution in [-0.4, -0.2) is 56.3 Å². The first-order valence-corrected chi connectivity index (χ1v) is 7.21. The molecule has 8 heteroatoms. The second-order valence-corrected chi connectivity index (χ2v) is 6.06. The van der Waals surface area contributed by atoms with Crippen LogP contribution in [0.2, 0.25) is 0 Å². The second kappa shape index (κ2) is 5.10. The third-order valence-electron chi connectivity index (χ3n) is 4.02. The summed E-state index contributed by atoms with van der Waals surface area (Å²) in [5.74, 6) is 0.848. The summed E-state index contributed by atoms with van der Waals surface area (Å²) in [5, 5.41) is 10.2. The number of nitrogens with one attached hydrogen (secondary N) is 2. The average Bonchev–Trinajstić information content (AvgIpc) is 2.96. The molecular formula is C13H20N6O2. The van der Waals surface area contributed by atoms with Gasteiger partial charge in [-0.1, -0.05) is 0 Å². The highest BCUT2D eigenvalue weighted by molar-refractivity contribution is 6.06. The zero-order valence-corrected chi connectivity index (χ0v) is 12.3. The Kier molecular flexibility index (Phi) is 3.40. The van der Waals surface area contributed by atoms with Crippen LogP contribution in [0, 0.1) is 0 Å². The van der Waals surface area contributed by atoms with Crippen LogP contribution in [0.1, 0.15) is 26.1 Å². The van der Waals surface area contributed by atoms with Gasteiger partial charge in [-0.2, -0.15) is 5.10 Å². The van der Waals surface area contributed by atoms with Gasteiger partial charge in [-0.3, -0.25) is 9.69 Å². The van der Waals surface area contributed by atoms with Crippen LogP contribution in [0.4, 0.5) is 4.79 Å². The minimum absolute atomic E-state index is 0.170. The normalized spacial score (nSPS) is 24.1. The van der Waals surface area contributed by atoms with Crippen LogP contribution in [0.25, 0.3) is 0 Å². The van der Waals surface area contributed by atoms with Crippen LogP contribution < -0.4 is 10.6 Å². The maximum absolute atomic E-state index is 12.0. The Hall–Kier alpha value is -1.96. The summed E-state index contributed by atoms with van der Waals surface area (Å²) in [5.41, 5.74) is -0.794. The van der Waals surface area contributed by atoms with E-state index in [0.29, 0.717) is 19.1 Å². The van der Waals surface area contributed by atoms with E-state index in [1.807, 2.05) is 4.68 Å². The number of aromatic nitrogens is 3. The van der Waals surface area contributed by atoms with Crippen molar-refractivity contribution in [3.05, 3.63) is 12.2 Å². The first-order chi connectivity index (χ1) is 9.97. The summed E-state index contributed by atoms with van der Waals surface area (Å²) in [6.45, 7) is 5.18. The molecule has 8 nitrogen and oxygen atoms in total. The third kappa shape index (κ3) is 2.63. The maximum Gasteiger partial charge on any atom is 0.325 e. The van der Waals surface area contributed by atoms with E-state index in [0.717, 1.165) is 25.2 Å². The van der Waals surface area contributed by atoms with Crippen molar-refractivity contribution >= 4 is 11.9 Å². The number of aryl methyl sites for hydroxylation is 1. The van der Waals surface area contributed by atoms with Crippen LogP contribution in [-0.2, 0) is 17.8 Å². The van der Waals surface area contributed by atoms with E-state index >= 15 is 0 Å². The molecule has 1 aromatic rings. The zero-order chi connectivity index (χ0) is 15.0. The molecular weight excluding hydrogens is 272 g/mol. The Balaban J connectivity index is 1.49. The Labute approximate surface area is 122 Å². The van der Waals surface area contributed by atoms with Crippen LogP contribution >= 0.6 is 0 Å². The Morgan fingerprint density at radius 1 is 1.48 bits per heavy atom. The van der Waals surface area contributed by atoms with E-state index in [2.05, 4.69) is 20.7 Å². The lowest BCUT2D eigenvalue weighted by molar-refractivity contribution is -0.130. The molecule has 3 amide bonds. The quantitative estimate of drug-likeness (QED) is 0.731. The first-order valence-electron chi connectivity index (χ1n) is 7.21. The molecule has 0 bridgehead atoms. The van der Waals surface area contributed by atoms with Crippen molar-refractivity contribution in [1.29, 1.82) is 0 Å². The number of fused-ring (bicyclic) bond motifs is 1. The lowest BCUT2D eigenvalue weighted by Gasteiger charge is -2.24. The van der Waals surface area contributed by atoms with Crippen molar-refractivity contribution in [2.45, 2.75) is 44.8 Å². The third-order valence-corrected chi connectivity index (χ3v) is 4.02. The lowest BCUT2D eigenvalue weighted by Crippen LogP contribution is -2.44. The number of hydrogen-bond acceptors (Lipinski definition) is 5. The van der Waals surface area contributed by atoms with Gasteiger partial charge in [-0.15, -0.1) is 0 Å². The molecule has 0 unspecified atom stereocenters. The predicted octanol–water partition coefficient (Wildman–Crippen LogP) is -0.487. The molecule has 3 heterocycles. The van der Waals surface area contributed by atoms with E-state index in [4.69, 9.17) is 0 Å². The minimum Gasteiger partial charge on any atom is -0.324 e. The van der Waals surface area contributed by atoms with Gasteiger partial charge in [0.2, 0.25) is 0 Å². The Morgan fingerprint density at radius 2 is 2.29 bits per heavy atom. The van der Waals surface area contributed by atoms with Crippen molar-refractivity contribution in [3.63, 3.8) is 0 Å². The fourth-order valence-electron chi connectivity index (χ4n) is 2.81. The lowest BCUT2D eigenvalue weighted by atomic mass is 10.1. The van der Waals surface area contributed by atoms with Gasteiger partial charge in [0.15, 0.2) is 0 Å². The number of imide groups is 1. The standard InChI is InChI=1S/C13H20N6O2/c1-13(2)11(20)18(12(21)17-13)6-5-14-9-3-4-10-15-8-16-19(10)7-9/h8-9,14H,3-7H2,1-2H3,(H,17,21)/t9-/m1/s1. The molecule has 0 spiro atoms. The fraction of sp³-hybridized carbons (Fsp3) is 0.692. The van der Waals surface area contributed by atoms with Gasteiger partial charge in [0, 0.05) is 25.6 Å². The van der Waals surface area contributed by atoms with Crippen LogP contribution in [0.3, 0.4) is 0 Å². The molecule has 1 atom stereocenters. The van der Waals surface area contributed by atoms with Crippen LogP contribution in [0.5, 0.6) is 0 Å². The molecule has 21 heavy (non-hydrogen) atoms. The number of nitrogens with zero attached hydrogens (tertiary/aromatic N) is 4. The number of hydrogen-bond donors (Lipinski definition) is 2. The van der Waals surface area contributed by atoms with Gasteiger partial charge in [-0.25, -0.2) is 14.5 Å². The minimum atomic E-state index is -0.794. The van der Waals surface area contributed by atoms with Crippen LogP contribution in [0.15, 0.2) is 6.33 Å². The average molecular weight is 292 g/mol. The number of carbonyl (C=O) groups is 2. The number of carbonyl (C=O) groups excluding carboxylic acids is 2. The Bertz CT molecular complexity index is 567. The highest BCUT2D eigenvalue weighted by atomic mass is 16.2. The molecule has 114 valence electrons. The smallest absolute Gasteiger partial charge is 0.324 e. The summed E-state index contributed by atoms with van der Waals surface area (Å²) < 4.78 is 1.90. The van der Waals surface area contributed by atoms with Crippen molar-refractivity contribution in [2.75, 3.05) is 13.1 Å². The zero-order valence-electron chi connectivity index (χ0n) is 12.3. The van der Waals surface area contributed by atoms with Crippen molar-refractivity contribution < 1.29 is 9.59 Å². The molecule has 1 fully saturated rings. The highest BCUT2D eigenvalue weighted by Crippen LogP contribution is 2.16. The van der Waals surface area contributed by atoms with Gasteiger partial charge < -0.3 is 10.6 Å². The first kappa shape index (κ1) is 14.0. The fourth-order valence-corrected chi connectivity index (χ4v) is 2.81. The Morgan fingerprint density at radius 3 is 3.00 bits per heavy atom. The highest BCUT2D eigenvalue weighted by Gasteiger charge is 2.43. The van der Waals surface area contributed by atoms with E-state index in [-0.39, 0.29) is 11.9 Å². The van der Waals surface area contributed by atoms with Crippen molar-refractivity contribution in [1.82, 2.24) is 30.3 Å². The molecule has 0 aliphatic carbocycles. The molecule has 3 rings (SSSR count). The number of urea groups is 1. The largest absolute Gasteiger partial charge is 0.325 e. The molecule has 2 aliphatic heterocycles. The molecule has 2 N–H and O–H groups in total. The molecule has 2 aliphatic rings. The molecule has 1 saturated heterocycles. The summed E-state index contributed by atoms with van der Waals surface area (Å²) >= 11 is 0. The van der Waals surface area contributed by atoms with Gasteiger partial charge in [-0.05, 0) is 20.3 Å². The van der Waals surface area contributed by atoms with Gasteiger partial charge in [0.05, 0.1) is 6.54 Å². The monoisotopic (exact) mass is 292 g/mol. The molecule has 1 aromatic heterocycles. The number of amides is 3. The van der Waals surface area contributed by atoms with E-state index < -0.39 is 5.54 Å². The van der Waals surface area contributed by atoms with Gasteiger partial charge in [0.25, 0.3) is 5.91 Å². The summed E-state index contributed by atoms with van der Waals surface area (Å²) in [6.07, 6.45) is 3.46. The van der Waals surface area contributed by atoms with Gasteiger partial charge in [0.1, 0.15) is 17.7 Å². The maximum atomic E-state index is 12.0. The number of rotatable bonds is 4. The SMILES string of the molecule is CC1(C)NC(=O)N(CCN[C@@H]2CCc3ncnn3C2)C1=O. The molecule has 0 saturated carbocycles. The predicted molar refractivity (Wildman–Crippen MR) is 74.5 cm³/mol. The summed E-state index contributed by atoms with van der Waals surface area (Å²) in [4.78, 5) is 29.3. The van der Waals surface area contributed by atoms with Crippen molar-refractivity contribution in [3.8, 4) is 0 Å².